The first kappa shape index (κ1) is 20.2. The zero-order valence-electron chi connectivity index (χ0n) is 17.2. The second kappa shape index (κ2) is 7.81. The Morgan fingerprint density at radius 3 is 2.46 bits per heavy atom. The third-order valence-electron chi connectivity index (χ3n) is 6.09. The summed E-state index contributed by atoms with van der Waals surface area (Å²) in [6.45, 7) is 2.22. The highest BCUT2D eigenvalue weighted by molar-refractivity contribution is 6.09. The van der Waals surface area contributed by atoms with Gasteiger partial charge in [0, 0.05) is 33.4 Å². The summed E-state index contributed by atoms with van der Waals surface area (Å²) in [4.78, 5) is 42.8. The first-order valence-corrected chi connectivity index (χ1v) is 9.89. The topological polar surface area (TPSA) is 73.0 Å². The van der Waals surface area contributed by atoms with E-state index in [-0.39, 0.29) is 24.3 Å². The van der Waals surface area contributed by atoms with E-state index in [1.807, 2.05) is 50.2 Å². The van der Waals surface area contributed by atoms with Crippen LogP contribution in [0.2, 0.25) is 0 Å². The first-order valence-electron chi connectivity index (χ1n) is 9.89. The fourth-order valence-corrected chi connectivity index (χ4v) is 4.16. The van der Waals surface area contributed by atoms with Crippen LogP contribution in [0.3, 0.4) is 0 Å². The van der Waals surface area contributed by atoms with Gasteiger partial charge in [0.2, 0.25) is 5.91 Å². The predicted octanol–water partition coefficient (Wildman–Crippen LogP) is 2.21. The van der Waals surface area contributed by atoms with E-state index in [0.29, 0.717) is 13.0 Å². The molecule has 152 valence electrons. The van der Waals surface area contributed by atoms with Gasteiger partial charge in [-0.1, -0.05) is 31.9 Å². The Bertz CT molecular complexity index is 761. The molecule has 1 saturated heterocycles. The van der Waals surface area contributed by atoms with E-state index in [1.165, 1.54) is 0 Å². The Morgan fingerprint density at radius 2 is 1.86 bits per heavy atom. The van der Waals surface area contributed by atoms with Crippen molar-refractivity contribution in [2.75, 3.05) is 32.6 Å². The largest absolute Gasteiger partial charge is 0.378 e. The van der Waals surface area contributed by atoms with Gasteiger partial charge in [-0.25, -0.2) is 4.79 Å². The van der Waals surface area contributed by atoms with Gasteiger partial charge in [-0.3, -0.25) is 14.5 Å². The molecule has 0 bridgehead atoms. The number of rotatable bonds is 5. The van der Waals surface area contributed by atoms with Gasteiger partial charge in [0.25, 0.3) is 5.91 Å². The number of hydrogen-bond acceptors (Lipinski definition) is 4. The molecule has 0 radical (unpaired) electrons. The highest BCUT2D eigenvalue weighted by Gasteiger charge is 2.55. The molecule has 0 aromatic heterocycles. The van der Waals surface area contributed by atoms with Gasteiger partial charge in [0.1, 0.15) is 12.1 Å². The minimum Gasteiger partial charge on any atom is -0.378 e. The average Bonchev–Trinajstić information content (AvgIpc) is 2.89. The number of benzene rings is 1. The number of anilines is 1. The van der Waals surface area contributed by atoms with Crippen molar-refractivity contribution < 1.29 is 14.4 Å². The summed E-state index contributed by atoms with van der Waals surface area (Å²) in [6, 6.07) is 7.51. The third kappa shape index (κ3) is 3.70. The third-order valence-corrected chi connectivity index (χ3v) is 6.09. The zero-order valence-corrected chi connectivity index (χ0v) is 17.2. The number of likely N-dealkylation sites (N-methyl/N-ethyl adjacent to an activating group) is 1. The van der Waals surface area contributed by atoms with Crippen LogP contribution >= 0.6 is 0 Å². The van der Waals surface area contributed by atoms with Crippen LogP contribution in [0.15, 0.2) is 24.3 Å². The molecular formula is C21H30N4O3. The lowest BCUT2D eigenvalue weighted by molar-refractivity contribution is -0.140. The van der Waals surface area contributed by atoms with Crippen LogP contribution < -0.4 is 10.2 Å². The van der Waals surface area contributed by atoms with Crippen LogP contribution in [0.25, 0.3) is 0 Å². The molecule has 1 aliphatic carbocycles. The molecule has 1 aromatic rings. The number of nitrogens with one attached hydrogen (secondary N) is 1. The molecule has 2 aliphatic rings. The smallest absolute Gasteiger partial charge is 0.325 e. The van der Waals surface area contributed by atoms with Crippen LogP contribution in [0, 0.1) is 5.92 Å². The molecule has 0 unspecified atom stereocenters. The highest BCUT2D eigenvalue weighted by atomic mass is 16.2. The van der Waals surface area contributed by atoms with E-state index >= 15 is 0 Å². The molecule has 1 spiro atoms. The Labute approximate surface area is 166 Å². The molecule has 1 aromatic carbocycles. The maximum Gasteiger partial charge on any atom is 0.325 e. The van der Waals surface area contributed by atoms with E-state index < -0.39 is 11.6 Å². The fourth-order valence-electron chi connectivity index (χ4n) is 4.16. The van der Waals surface area contributed by atoms with Gasteiger partial charge in [-0.05, 0) is 36.5 Å². The first-order chi connectivity index (χ1) is 13.2. The summed E-state index contributed by atoms with van der Waals surface area (Å²) in [5, 5.41) is 2.89. The standard InChI is InChI=1S/C21H30N4O3/c1-15-7-5-6-12-21(15)19(27)25(20(28)22-21)14-18(26)24(4)13-16-8-10-17(11-9-16)23(2)3/h8-11,15H,5-7,12-14H2,1-4H3,(H,22,28)/t15-,21+/m0/s1. The number of carbonyl (C=O) groups is 3. The lowest BCUT2D eigenvalue weighted by Crippen LogP contribution is -2.54. The fraction of sp³-hybridized carbons (Fsp3) is 0.571. The molecule has 4 amide bonds. The molecule has 1 N–H and O–H groups in total. The number of carbonyl (C=O) groups excluding carboxylic acids is 3. The maximum atomic E-state index is 13.0. The highest BCUT2D eigenvalue weighted by Crippen LogP contribution is 2.38. The quantitative estimate of drug-likeness (QED) is 0.788. The minimum absolute atomic E-state index is 0.0887. The Hall–Kier alpha value is -2.57. The van der Waals surface area contributed by atoms with Crippen molar-refractivity contribution >= 4 is 23.5 Å². The summed E-state index contributed by atoms with van der Waals surface area (Å²) < 4.78 is 0. The van der Waals surface area contributed by atoms with Gasteiger partial charge in [-0.2, -0.15) is 0 Å². The number of urea groups is 1. The van der Waals surface area contributed by atoms with Crippen LogP contribution in [-0.2, 0) is 16.1 Å². The minimum atomic E-state index is -0.823. The summed E-state index contributed by atoms with van der Waals surface area (Å²) in [5.74, 6) is -0.409. The molecule has 1 heterocycles. The van der Waals surface area contributed by atoms with E-state index in [2.05, 4.69) is 5.32 Å². The van der Waals surface area contributed by atoms with Gasteiger partial charge < -0.3 is 15.1 Å². The Balaban J connectivity index is 1.63. The van der Waals surface area contributed by atoms with Crippen molar-refractivity contribution in [3.05, 3.63) is 29.8 Å². The number of nitrogens with zero attached hydrogens (tertiary/aromatic N) is 3. The summed E-state index contributed by atoms with van der Waals surface area (Å²) in [5.41, 5.74) is 1.26. The molecular weight excluding hydrogens is 356 g/mol. The normalized spacial score (nSPS) is 24.4. The molecule has 1 aliphatic heterocycles. The van der Waals surface area contributed by atoms with E-state index in [9.17, 15) is 14.4 Å². The molecule has 3 rings (SSSR count). The lowest BCUT2D eigenvalue weighted by Gasteiger charge is -2.36. The van der Waals surface area contributed by atoms with E-state index in [4.69, 9.17) is 0 Å². The van der Waals surface area contributed by atoms with Crippen LogP contribution in [-0.4, -0.2) is 60.9 Å². The second-order valence-corrected chi connectivity index (χ2v) is 8.25. The van der Waals surface area contributed by atoms with Gasteiger partial charge in [0.05, 0.1) is 0 Å². The summed E-state index contributed by atoms with van der Waals surface area (Å²) >= 11 is 0. The molecule has 1 saturated carbocycles. The SMILES string of the molecule is C[C@H]1CCCC[C@@]12NC(=O)N(CC(=O)N(C)Cc1ccc(N(C)C)cc1)C2=O. The monoisotopic (exact) mass is 386 g/mol. The summed E-state index contributed by atoms with van der Waals surface area (Å²) in [6.07, 6.45) is 3.55. The van der Waals surface area contributed by atoms with Crippen molar-refractivity contribution in [3.63, 3.8) is 0 Å². The van der Waals surface area contributed by atoms with Crippen molar-refractivity contribution in [2.45, 2.75) is 44.7 Å². The molecule has 7 heteroatoms. The van der Waals surface area contributed by atoms with Crippen molar-refractivity contribution in [2.24, 2.45) is 5.92 Å². The molecule has 2 fully saturated rings. The lowest BCUT2D eigenvalue weighted by atomic mass is 9.73. The van der Waals surface area contributed by atoms with E-state index in [0.717, 1.165) is 35.4 Å². The van der Waals surface area contributed by atoms with Crippen molar-refractivity contribution in [1.82, 2.24) is 15.1 Å². The van der Waals surface area contributed by atoms with Crippen LogP contribution in [0.1, 0.15) is 38.2 Å². The molecule has 2 atom stereocenters. The number of hydrogen-bond donors (Lipinski definition) is 1. The van der Waals surface area contributed by atoms with Crippen LogP contribution in [0.4, 0.5) is 10.5 Å². The molecule has 7 nitrogen and oxygen atoms in total. The van der Waals surface area contributed by atoms with Gasteiger partial charge >= 0.3 is 6.03 Å². The van der Waals surface area contributed by atoms with Crippen LogP contribution in [0.5, 0.6) is 0 Å². The summed E-state index contributed by atoms with van der Waals surface area (Å²) in [7, 11) is 5.64. The van der Waals surface area contributed by atoms with E-state index in [1.54, 1.807) is 11.9 Å². The Kier molecular flexibility index (Phi) is 5.63. The van der Waals surface area contributed by atoms with Gasteiger partial charge in [0.15, 0.2) is 0 Å². The van der Waals surface area contributed by atoms with Crippen molar-refractivity contribution in [1.29, 1.82) is 0 Å². The zero-order chi connectivity index (χ0) is 20.5. The average molecular weight is 386 g/mol. The molecule has 28 heavy (non-hydrogen) atoms. The van der Waals surface area contributed by atoms with Gasteiger partial charge in [-0.15, -0.1) is 0 Å². The predicted molar refractivity (Wildman–Crippen MR) is 108 cm³/mol. The Morgan fingerprint density at radius 1 is 1.18 bits per heavy atom. The maximum absolute atomic E-state index is 13.0. The second-order valence-electron chi connectivity index (χ2n) is 8.25. The number of imide groups is 1. The van der Waals surface area contributed by atoms with Crippen molar-refractivity contribution in [3.8, 4) is 0 Å². The number of amides is 4.